The summed E-state index contributed by atoms with van der Waals surface area (Å²) in [5, 5.41) is 33.4. The standard InChI is InChI=1S/C24H22N4O4S2.C22H18N4O5S2/c1-3-21-19(14-16-10-12-18(13-11-16)34(25,30)31)22(17-8-6-5-7-9-17)27-28(21)24-26-20(15-33-24)23(29)32-4-2;23-33(29,30)15-8-6-13(7-9-15)10-16-19(14-4-2-1-3-5-14)25-26(20(16)18-11-31-18)22-24-17(12-32-22)21(27)28/h3,5-13,15H,1,4,14H2,2H3,(H2,25,30,31);1-9,12,18H,10-11H2,(H,27,28)(H2,23,29,30). The summed E-state index contributed by atoms with van der Waals surface area (Å²) in [7, 11) is -7.56. The Morgan fingerprint density at radius 2 is 1.21 bits per heavy atom. The molecule has 0 saturated carbocycles. The van der Waals surface area contributed by atoms with Crippen molar-refractivity contribution in [3.8, 4) is 32.8 Å². The predicted molar refractivity (Wildman–Crippen MR) is 252 cm³/mol. The molecule has 4 aromatic carbocycles. The number of carbonyl (C=O) groups is 2. The fraction of sp³-hybridized carbons (Fsp3) is 0.130. The van der Waals surface area contributed by atoms with Crippen molar-refractivity contribution in [1.82, 2.24) is 29.5 Å². The van der Waals surface area contributed by atoms with Gasteiger partial charge in [-0.05, 0) is 48.4 Å². The molecule has 4 aromatic heterocycles. The molecule has 1 atom stereocenters. The predicted octanol–water partition coefficient (Wildman–Crippen LogP) is 7.06. The van der Waals surface area contributed by atoms with Crippen molar-refractivity contribution in [2.45, 2.75) is 35.7 Å². The van der Waals surface area contributed by atoms with Gasteiger partial charge in [-0.25, -0.2) is 56.0 Å². The van der Waals surface area contributed by atoms with Crippen LogP contribution in [0.25, 0.3) is 38.9 Å². The lowest BCUT2D eigenvalue weighted by atomic mass is 9.98. The van der Waals surface area contributed by atoms with Gasteiger partial charge in [-0.1, -0.05) is 91.5 Å². The number of aromatic carboxylic acids is 1. The lowest BCUT2D eigenvalue weighted by Gasteiger charge is -2.07. The minimum atomic E-state index is -3.78. The van der Waals surface area contributed by atoms with E-state index >= 15 is 0 Å². The van der Waals surface area contributed by atoms with Crippen LogP contribution in [-0.4, -0.2) is 76.6 Å². The molecule has 21 heteroatoms. The monoisotopic (exact) mass is 976 g/mol. The first-order chi connectivity index (χ1) is 32.1. The fourth-order valence-electron chi connectivity index (χ4n) is 7.09. The number of thiazole rings is 2. The van der Waals surface area contributed by atoms with E-state index in [0.29, 0.717) is 29.7 Å². The summed E-state index contributed by atoms with van der Waals surface area (Å²) < 4.78 is 60.4. The molecule has 67 heavy (non-hydrogen) atoms. The van der Waals surface area contributed by atoms with Crippen molar-refractivity contribution in [1.29, 1.82) is 0 Å². The Kier molecular flexibility index (Phi) is 13.5. The van der Waals surface area contributed by atoms with Crippen molar-refractivity contribution in [3.05, 3.63) is 172 Å². The zero-order valence-corrected chi connectivity index (χ0v) is 38.7. The first-order valence-corrected chi connectivity index (χ1v) is 25.1. The molecule has 0 radical (unpaired) electrons. The zero-order valence-electron chi connectivity index (χ0n) is 35.4. The van der Waals surface area contributed by atoms with E-state index in [4.69, 9.17) is 29.9 Å². The highest BCUT2D eigenvalue weighted by atomic mass is 32.2. The third kappa shape index (κ3) is 10.5. The summed E-state index contributed by atoms with van der Waals surface area (Å²) in [5.74, 6) is -1.59. The smallest absolute Gasteiger partial charge is 0.357 e. The number of hydrogen-bond donors (Lipinski definition) is 3. The van der Waals surface area contributed by atoms with Crippen molar-refractivity contribution in [2.24, 2.45) is 10.3 Å². The van der Waals surface area contributed by atoms with Crippen molar-refractivity contribution in [3.63, 3.8) is 0 Å². The Morgan fingerprint density at radius 3 is 1.67 bits per heavy atom. The lowest BCUT2D eigenvalue weighted by molar-refractivity contribution is 0.0519. The number of epoxide rings is 1. The molecule has 1 unspecified atom stereocenters. The summed E-state index contributed by atoms with van der Waals surface area (Å²) in [6.45, 7) is 6.50. The molecule has 342 valence electrons. The Bertz CT molecular complexity index is 3330. The molecular weight excluding hydrogens is 937 g/mol. The Hall–Kier alpha value is -6.98. The maximum atomic E-state index is 12.1. The van der Waals surface area contributed by atoms with Gasteiger partial charge in [0.2, 0.25) is 30.3 Å². The number of carboxylic acid groups (broad SMARTS) is 1. The van der Waals surface area contributed by atoms with Crippen LogP contribution in [0.15, 0.2) is 136 Å². The number of nitrogens with two attached hydrogens (primary N) is 2. The quantitative estimate of drug-likeness (QED) is 0.0688. The van der Waals surface area contributed by atoms with Gasteiger partial charge in [0.05, 0.1) is 45.8 Å². The summed E-state index contributed by atoms with van der Waals surface area (Å²) in [4.78, 5) is 32.2. The van der Waals surface area contributed by atoms with E-state index in [1.54, 1.807) is 52.0 Å². The highest BCUT2D eigenvalue weighted by molar-refractivity contribution is 7.89. The van der Waals surface area contributed by atoms with Gasteiger partial charge in [-0.3, -0.25) is 0 Å². The van der Waals surface area contributed by atoms with Gasteiger partial charge in [-0.15, -0.1) is 22.7 Å². The maximum Gasteiger partial charge on any atom is 0.357 e. The van der Waals surface area contributed by atoms with Crippen molar-refractivity contribution < 1.29 is 41.0 Å². The third-order valence-corrected chi connectivity index (χ3v) is 13.8. The Morgan fingerprint density at radius 1 is 0.746 bits per heavy atom. The maximum absolute atomic E-state index is 12.1. The van der Waals surface area contributed by atoms with Gasteiger partial charge < -0.3 is 14.6 Å². The molecule has 8 aromatic rings. The SMILES string of the molecule is C=Cc1c(Cc2ccc(S(N)(=O)=O)cc2)c(-c2ccccc2)nn1-c1nc(C(=O)OCC)cs1.NS(=O)(=O)c1ccc(Cc2c(-c3ccccc3)nn(-c3nc(C(=O)O)cs3)c2C2CO2)cc1. The molecule has 0 bridgehead atoms. The number of sulfonamides is 2. The molecule has 5 heterocycles. The molecule has 1 aliphatic rings. The van der Waals surface area contributed by atoms with Crippen LogP contribution in [0.4, 0.5) is 0 Å². The average Bonchev–Trinajstić information content (AvgIpc) is 3.64. The van der Waals surface area contributed by atoms with Crippen LogP contribution in [-0.2, 0) is 42.4 Å². The first kappa shape index (κ1) is 46.5. The van der Waals surface area contributed by atoms with Gasteiger partial charge in [0.25, 0.3) is 0 Å². The van der Waals surface area contributed by atoms with Crippen LogP contribution in [0.2, 0.25) is 0 Å². The average molecular weight is 977 g/mol. The molecule has 1 aliphatic heterocycles. The second-order valence-corrected chi connectivity index (χ2v) is 19.6. The fourth-order valence-corrected chi connectivity index (χ4v) is 9.64. The van der Waals surface area contributed by atoms with E-state index in [1.165, 1.54) is 52.3 Å². The summed E-state index contributed by atoms with van der Waals surface area (Å²) >= 11 is 2.47. The van der Waals surface area contributed by atoms with Crippen molar-refractivity contribution >= 4 is 60.7 Å². The van der Waals surface area contributed by atoms with Crippen LogP contribution >= 0.6 is 22.7 Å². The second kappa shape index (κ2) is 19.5. The van der Waals surface area contributed by atoms with Crippen LogP contribution in [0, 0.1) is 0 Å². The number of rotatable bonds is 15. The van der Waals surface area contributed by atoms with Crippen LogP contribution < -0.4 is 10.3 Å². The summed E-state index contributed by atoms with van der Waals surface area (Å²) in [6, 6.07) is 32.1. The molecule has 17 nitrogen and oxygen atoms in total. The number of carboxylic acids is 1. The highest BCUT2D eigenvalue weighted by Crippen LogP contribution is 2.40. The third-order valence-electron chi connectivity index (χ3n) is 10.3. The van der Waals surface area contributed by atoms with Gasteiger partial charge in [-0.2, -0.15) is 10.2 Å². The van der Waals surface area contributed by atoms with Gasteiger partial charge >= 0.3 is 11.9 Å². The van der Waals surface area contributed by atoms with E-state index in [0.717, 1.165) is 56.2 Å². The number of carbonyl (C=O) groups excluding carboxylic acids is 1. The molecule has 0 aliphatic carbocycles. The van der Waals surface area contributed by atoms with E-state index in [1.807, 2.05) is 60.7 Å². The van der Waals surface area contributed by atoms with E-state index in [9.17, 15) is 31.5 Å². The topological polar surface area (TPSA) is 258 Å². The molecule has 5 N–H and O–H groups in total. The lowest BCUT2D eigenvalue weighted by Crippen LogP contribution is -2.12. The van der Waals surface area contributed by atoms with Gasteiger partial charge in [0.15, 0.2) is 11.4 Å². The number of esters is 1. The van der Waals surface area contributed by atoms with E-state index in [-0.39, 0.29) is 33.9 Å². The summed E-state index contributed by atoms with van der Waals surface area (Å²) in [5.41, 5.74) is 8.48. The number of ether oxygens (including phenoxy) is 2. The molecule has 0 spiro atoms. The first-order valence-electron chi connectivity index (χ1n) is 20.3. The minimum absolute atomic E-state index is 0.0416. The van der Waals surface area contributed by atoms with E-state index in [2.05, 4.69) is 16.5 Å². The van der Waals surface area contributed by atoms with E-state index < -0.39 is 32.0 Å². The largest absolute Gasteiger partial charge is 0.476 e. The molecule has 9 rings (SSSR count). The van der Waals surface area contributed by atoms with Crippen molar-refractivity contribution in [2.75, 3.05) is 13.2 Å². The molecule has 1 saturated heterocycles. The van der Waals surface area contributed by atoms with Crippen LogP contribution in [0.5, 0.6) is 0 Å². The molecular formula is C46H40N8O9S4. The van der Waals surface area contributed by atoms with Gasteiger partial charge in [0.1, 0.15) is 6.10 Å². The highest BCUT2D eigenvalue weighted by Gasteiger charge is 2.35. The van der Waals surface area contributed by atoms with Crippen LogP contribution in [0.1, 0.15) is 67.6 Å². The van der Waals surface area contributed by atoms with Gasteiger partial charge in [0, 0.05) is 45.9 Å². The number of hydrogen-bond acceptors (Lipinski definition) is 14. The minimum Gasteiger partial charge on any atom is -0.476 e. The number of benzene rings is 4. The zero-order chi connectivity index (χ0) is 47.5. The number of aromatic nitrogens is 6. The summed E-state index contributed by atoms with van der Waals surface area (Å²) in [6.07, 6.45) is 2.43. The molecule has 1 fully saturated rings. The number of nitrogens with zero attached hydrogens (tertiary/aromatic N) is 6. The van der Waals surface area contributed by atoms with Crippen LogP contribution in [0.3, 0.4) is 0 Å². The Balaban J connectivity index is 0.000000182. The number of primary sulfonamides is 2. The normalized spacial score (nSPS) is 13.4. The second-order valence-electron chi connectivity index (χ2n) is 14.8. The molecule has 0 amide bonds. The Labute approximate surface area is 392 Å².